The molecular formula is C14H18N2O2. The van der Waals surface area contributed by atoms with Gasteiger partial charge < -0.3 is 15.4 Å². The van der Waals surface area contributed by atoms with Gasteiger partial charge in [-0.25, -0.2) is 0 Å². The van der Waals surface area contributed by atoms with Crippen molar-refractivity contribution in [3.63, 3.8) is 0 Å². The highest BCUT2D eigenvalue weighted by atomic mass is 16.5. The van der Waals surface area contributed by atoms with E-state index in [2.05, 4.69) is 12.1 Å². The van der Waals surface area contributed by atoms with Gasteiger partial charge in [-0.3, -0.25) is 4.79 Å². The summed E-state index contributed by atoms with van der Waals surface area (Å²) >= 11 is 0. The monoisotopic (exact) mass is 246 g/mol. The van der Waals surface area contributed by atoms with Gasteiger partial charge in [0.25, 0.3) is 5.91 Å². The number of nitrogens with two attached hydrogens (primary N) is 1. The summed E-state index contributed by atoms with van der Waals surface area (Å²) in [5.74, 6) is 0.793. The highest BCUT2D eigenvalue weighted by molar-refractivity contribution is 5.97. The average molecular weight is 246 g/mol. The predicted molar refractivity (Wildman–Crippen MR) is 69.9 cm³/mol. The van der Waals surface area contributed by atoms with Crippen LogP contribution < -0.4 is 15.4 Å². The molecule has 4 heteroatoms. The molecule has 3 rings (SSSR count). The number of carbonyl (C=O) groups excluding carboxylic acids is 1. The van der Waals surface area contributed by atoms with Crippen molar-refractivity contribution in [3.8, 4) is 5.75 Å². The highest BCUT2D eigenvalue weighted by Crippen LogP contribution is 2.45. The SMILES string of the molecule is CN1C(=O)COc2cc(C3(CN)CCC3)ccc21. The van der Waals surface area contributed by atoms with E-state index in [1.165, 1.54) is 12.0 Å². The average Bonchev–Trinajstić information content (AvgIpc) is 2.33. The number of likely N-dealkylation sites (N-methyl/N-ethyl adjacent to an activating group) is 1. The standard InChI is InChI=1S/C14H18N2O2/c1-16-11-4-3-10(14(9-15)5-2-6-14)7-12(11)18-8-13(16)17/h3-4,7H,2,5-6,8-9,15H2,1H3. The molecule has 2 aliphatic rings. The van der Waals surface area contributed by atoms with Gasteiger partial charge in [0.1, 0.15) is 5.75 Å². The number of benzene rings is 1. The van der Waals surface area contributed by atoms with Crippen LogP contribution in [0.2, 0.25) is 0 Å². The van der Waals surface area contributed by atoms with E-state index < -0.39 is 0 Å². The van der Waals surface area contributed by atoms with Gasteiger partial charge >= 0.3 is 0 Å². The van der Waals surface area contributed by atoms with Gasteiger partial charge in [-0.05, 0) is 30.5 Å². The van der Waals surface area contributed by atoms with E-state index >= 15 is 0 Å². The zero-order valence-corrected chi connectivity index (χ0v) is 10.6. The van der Waals surface area contributed by atoms with E-state index in [4.69, 9.17) is 10.5 Å². The summed E-state index contributed by atoms with van der Waals surface area (Å²) in [6.45, 7) is 0.809. The van der Waals surface area contributed by atoms with Crippen LogP contribution in [0.1, 0.15) is 24.8 Å². The minimum atomic E-state index is -0.00701. The van der Waals surface area contributed by atoms with Crippen LogP contribution in [0.5, 0.6) is 5.75 Å². The van der Waals surface area contributed by atoms with Gasteiger partial charge in [0.2, 0.25) is 0 Å². The zero-order valence-electron chi connectivity index (χ0n) is 10.6. The molecule has 0 radical (unpaired) electrons. The van der Waals surface area contributed by atoms with E-state index in [1.54, 1.807) is 11.9 Å². The maximum Gasteiger partial charge on any atom is 0.264 e. The van der Waals surface area contributed by atoms with E-state index in [0.717, 1.165) is 24.3 Å². The molecule has 0 aromatic heterocycles. The molecule has 0 atom stereocenters. The van der Waals surface area contributed by atoms with Crippen molar-refractivity contribution in [3.05, 3.63) is 23.8 Å². The normalized spacial score (nSPS) is 21.0. The Kier molecular flexibility index (Phi) is 2.55. The van der Waals surface area contributed by atoms with Crippen molar-refractivity contribution in [2.24, 2.45) is 5.73 Å². The molecule has 96 valence electrons. The van der Waals surface area contributed by atoms with E-state index in [-0.39, 0.29) is 17.9 Å². The fraction of sp³-hybridized carbons (Fsp3) is 0.500. The summed E-state index contributed by atoms with van der Waals surface area (Å²) in [5, 5.41) is 0. The molecule has 1 aromatic rings. The third-order valence-electron chi connectivity index (χ3n) is 4.36. The molecule has 4 nitrogen and oxygen atoms in total. The molecule has 1 fully saturated rings. The Morgan fingerprint density at radius 1 is 1.44 bits per heavy atom. The number of nitrogens with zero attached hydrogens (tertiary/aromatic N) is 1. The molecule has 1 aliphatic heterocycles. The summed E-state index contributed by atoms with van der Waals surface area (Å²) in [4.78, 5) is 13.2. The Labute approximate surface area is 107 Å². The topological polar surface area (TPSA) is 55.6 Å². The van der Waals surface area contributed by atoms with Crippen molar-refractivity contribution in [2.75, 3.05) is 25.1 Å². The Hall–Kier alpha value is -1.55. The van der Waals surface area contributed by atoms with Crippen LogP contribution >= 0.6 is 0 Å². The van der Waals surface area contributed by atoms with E-state index in [9.17, 15) is 4.79 Å². The summed E-state index contributed by atoms with van der Waals surface area (Å²) in [5.41, 5.74) is 8.15. The number of ether oxygens (including phenoxy) is 1. The number of carbonyl (C=O) groups is 1. The molecule has 0 bridgehead atoms. The third-order valence-corrected chi connectivity index (χ3v) is 4.36. The first-order valence-electron chi connectivity index (χ1n) is 6.40. The predicted octanol–water partition coefficient (Wildman–Crippen LogP) is 1.42. The molecule has 0 unspecified atom stereocenters. The smallest absolute Gasteiger partial charge is 0.264 e. The lowest BCUT2D eigenvalue weighted by Crippen LogP contribution is -2.42. The molecule has 18 heavy (non-hydrogen) atoms. The van der Waals surface area contributed by atoms with Crippen molar-refractivity contribution >= 4 is 11.6 Å². The molecular weight excluding hydrogens is 228 g/mol. The lowest BCUT2D eigenvalue weighted by Gasteiger charge is -2.42. The highest BCUT2D eigenvalue weighted by Gasteiger charge is 2.38. The van der Waals surface area contributed by atoms with Gasteiger partial charge in [-0.15, -0.1) is 0 Å². The summed E-state index contributed by atoms with van der Waals surface area (Å²) in [6, 6.07) is 6.12. The molecule has 1 aromatic carbocycles. The van der Waals surface area contributed by atoms with Gasteiger partial charge in [-0.2, -0.15) is 0 Å². The second-order valence-electron chi connectivity index (χ2n) is 5.26. The van der Waals surface area contributed by atoms with Crippen LogP contribution in [-0.4, -0.2) is 26.1 Å². The van der Waals surface area contributed by atoms with Gasteiger partial charge in [0, 0.05) is 19.0 Å². The molecule has 0 spiro atoms. The third kappa shape index (κ3) is 1.52. The van der Waals surface area contributed by atoms with Crippen molar-refractivity contribution < 1.29 is 9.53 Å². The summed E-state index contributed by atoms with van der Waals surface area (Å²) in [6.07, 6.45) is 3.54. The number of hydrogen-bond acceptors (Lipinski definition) is 3. The number of hydrogen-bond donors (Lipinski definition) is 1. The van der Waals surface area contributed by atoms with Crippen LogP contribution in [0.15, 0.2) is 18.2 Å². The molecule has 0 saturated heterocycles. The number of fused-ring (bicyclic) bond motifs is 1. The second kappa shape index (κ2) is 3.99. The first-order chi connectivity index (χ1) is 8.66. The van der Waals surface area contributed by atoms with Crippen LogP contribution in [0.3, 0.4) is 0 Å². The van der Waals surface area contributed by atoms with Gasteiger partial charge in [0.05, 0.1) is 5.69 Å². The lowest BCUT2D eigenvalue weighted by molar-refractivity contribution is -0.120. The molecule has 1 aliphatic carbocycles. The summed E-state index contributed by atoms with van der Waals surface area (Å²) in [7, 11) is 1.78. The largest absolute Gasteiger partial charge is 0.482 e. The number of anilines is 1. The maximum atomic E-state index is 11.5. The van der Waals surface area contributed by atoms with Crippen LogP contribution in [-0.2, 0) is 10.2 Å². The van der Waals surface area contributed by atoms with E-state index in [0.29, 0.717) is 6.54 Å². The van der Waals surface area contributed by atoms with Gasteiger partial charge in [0.15, 0.2) is 6.61 Å². The Morgan fingerprint density at radius 3 is 2.83 bits per heavy atom. The molecule has 1 heterocycles. The minimum Gasteiger partial charge on any atom is -0.482 e. The number of amides is 1. The van der Waals surface area contributed by atoms with E-state index in [1.807, 2.05) is 6.07 Å². The van der Waals surface area contributed by atoms with Crippen molar-refractivity contribution in [2.45, 2.75) is 24.7 Å². The minimum absolute atomic E-state index is 0.00701. The van der Waals surface area contributed by atoms with Crippen LogP contribution in [0.4, 0.5) is 5.69 Å². The Balaban J connectivity index is 1.99. The second-order valence-corrected chi connectivity index (χ2v) is 5.26. The molecule has 2 N–H and O–H groups in total. The maximum absolute atomic E-state index is 11.5. The van der Waals surface area contributed by atoms with Gasteiger partial charge in [-0.1, -0.05) is 12.5 Å². The van der Waals surface area contributed by atoms with Crippen LogP contribution in [0.25, 0.3) is 0 Å². The molecule has 1 saturated carbocycles. The first-order valence-corrected chi connectivity index (χ1v) is 6.40. The van der Waals surface area contributed by atoms with Crippen molar-refractivity contribution in [1.82, 2.24) is 0 Å². The Bertz CT molecular complexity index is 489. The fourth-order valence-electron chi connectivity index (χ4n) is 2.82. The van der Waals surface area contributed by atoms with Crippen molar-refractivity contribution in [1.29, 1.82) is 0 Å². The fourth-order valence-corrected chi connectivity index (χ4v) is 2.82. The first kappa shape index (κ1) is 11.5. The molecule has 1 amide bonds. The zero-order chi connectivity index (χ0) is 12.8. The quantitative estimate of drug-likeness (QED) is 0.858. The van der Waals surface area contributed by atoms with Crippen LogP contribution in [0, 0.1) is 0 Å². The number of rotatable bonds is 2. The Morgan fingerprint density at radius 2 is 2.22 bits per heavy atom. The lowest BCUT2D eigenvalue weighted by atomic mass is 9.64. The summed E-state index contributed by atoms with van der Waals surface area (Å²) < 4.78 is 5.52.